The van der Waals surface area contributed by atoms with Crippen LogP contribution in [0.4, 0.5) is 0 Å². The van der Waals surface area contributed by atoms with Crippen molar-refractivity contribution in [2.24, 2.45) is 4.99 Å². The molecule has 0 amide bonds. The Hall–Kier alpha value is -0.780. The molecular weight excluding hydrogens is 503 g/mol. The number of benzene rings is 1. The monoisotopic (exact) mass is 530 g/mol. The van der Waals surface area contributed by atoms with Crippen molar-refractivity contribution < 1.29 is 13.2 Å². The number of hydrogen-bond donors (Lipinski definition) is 2. The molecule has 0 spiro atoms. The van der Waals surface area contributed by atoms with Gasteiger partial charge in [-0.25, -0.2) is 8.42 Å². The molecule has 0 unspecified atom stereocenters. The van der Waals surface area contributed by atoms with E-state index in [4.69, 9.17) is 16.3 Å². The Bertz CT molecular complexity index is 717. The van der Waals surface area contributed by atoms with Gasteiger partial charge >= 0.3 is 0 Å². The van der Waals surface area contributed by atoms with E-state index in [0.29, 0.717) is 31.2 Å². The van der Waals surface area contributed by atoms with Crippen LogP contribution >= 0.6 is 35.6 Å². The number of halogens is 2. The van der Waals surface area contributed by atoms with Crippen LogP contribution in [-0.2, 0) is 16.3 Å². The van der Waals surface area contributed by atoms with Crippen LogP contribution in [0.3, 0.4) is 0 Å². The summed E-state index contributed by atoms with van der Waals surface area (Å²) in [6.45, 7) is 3.41. The lowest BCUT2D eigenvalue weighted by molar-refractivity contribution is 0.299. The second kappa shape index (κ2) is 11.9. The quantitative estimate of drug-likeness (QED) is 0.315. The van der Waals surface area contributed by atoms with Crippen molar-refractivity contribution in [3.8, 4) is 5.75 Å². The molecular formula is C17H28ClIN4O3S. The molecule has 2 rings (SSSR count). The number of methoxy groups -OCH3 is 1. The zero-order chi connectivity index (χ0) is 19.0. The summed E-state index contributed by atoms with van der Waals surface area (Å²) in [6, 6.07) is 5.67. The SMILES string of the molecule is CN=C(NCCc1ccc(OC)cc1Cl)NCCN1CCS(=O)(=O)CC1.I. The van der Waals surface area contributed by atoms with Crippen molar-refractivity contribution in [1.82, 2.24) is 15.5 Å². The normalized spacial score (nSPS) is 17.1. The molecule has 27 heavy (non-hydrogen) atoms. The minimum atomic E-state index is -2.82. The number of nitrogens with zero attached hydrogens (tertiary/aromatic N) is 2. The van der Waals surface area contributed by atoms with Crippen molar-refractivity contribution in [3.05, 3.63) is 28.8 Å². The third-order valence-corrected chi connectivity index (χ3v) is 6.29. The predicted octanol–water partition coefficient (Wildman–Crippen LogP) is 1.40. The van der Waals surface area contributed by atoms with Crippen LogP contribution in [0.25, 0.3) is 0 Å². The van der Waals surface area contributed by atoms with Gasteiger partial charge in [-0.05, 0) is 24.1 Å². The fourth-order valence-electron chi connectivity index (χ4n) is 2.70. The molecule has 0 aromatic heterocycles. The Kier molecular flexibility index (Phi) is 10.7. The minimum Gasteiger partial charge on any atom is -0.497 e. The van der Waals surface area contributed by atoms with Gasteiger partial charge in [0.25, 0.3) is 0 Å². The summed E-state index contributed by atoms with van der Waals surface area (Å²) in [4.78, 5) is 6.35. The van der Waals surface area contributed by atoms with E-state index >= 15 is 0 Å². The lowest BCUT2D eigenvalue weighted by Gasteiger charge is -2.26. The molecule has 154 valence electrons. The van der Waals surface area contributed by atoms with Crippen molar-refractivity contribution in [1.29, 1.82) is 0 Å². The first-order chi connectivity index (χ1) is 12.4. The highest BCUT2D eigenvalue weighted by Gasteiger charge is 2.20. The van der Waals surface area contributed by atoms with Crippen LogP contribution < -0.4 is 15.4 Å². The maximum Gasteiger partial charge on any atom is 0.191 e. The van der Waals surface area contributed by atoms with Gasteiger partial charge in [0.1, 0.15) is 5.75 Å². The van der Waals surface area contributed by atoms with Crippen molar-refractivity contribution in [3.63, 3.8) is 0 Å². The summed E-state index contributed by atoms with van der Waals surface area (Å²) in [7, 11) is 0.517. The van der Waals surface area contributed by atoms with Gasteiger partial charge < -0.3 is 15.4 Å². The number of ether oxygens (including phenoxy) is 1. The fraction of sp³-hybridized carbons (Fsp3) is 0.588. The Balaban J connectivity index is 0.00000364. The molecule has 1 aromatic rings. The van der Waals surface area contributed by atoms with Crippen LogP contribution in [0, 0.1) is 0 Å². The minimum absolute atomic E-state index is 0. The maximum atomic E-state index is 11.4. The van der Waals surface area contributed by atoms with Gasteiger partial charge in [-0.3, -0.25) is 9.89 Å². The fourth-order valence-corrected chi connectivity index (χ4v) is 4.24. The van der Waals surface area contributed by atoms with Gasteiger partial charge in [-0.2, -0.15) is 0 Å². The Morgan fingerprint density at radius 1 is 1.26 bits per heavy atom. The van der Waals surface area contributed by atoms with Crippen molar-refractivity contribution >= 4 is 51.4 Å². The summed E-state index contributed by atoms with van der Waals surface area (Å²) < 4.78 is 28.0. The molecule has 10 heteroatoms. The summed E-state index contributed by atoms with van der Waals surface area (Å²) >= 11 is 6.25. The van der Waals surface area contributed by atoms with Crippen LogP contribution in [-0.4, -0.2) is 77.7 Å². The molecule has 7 nitrogen and oxygen atoms in total. The van der Waals surface area contributed by atoms with E-state index in [-0.39, 0.29) is 35.5 Å². The van der Waals surface area contributed by atoms with Crippen molar-refractivity contribution in [2.75, 3.05) is 58.4 Å². The van der Waals surface area contributed by atoms with E-state index in [1.54, 1.807) is 14.2 Å². The first-order valence-corrected chi connectivity index (χ1v) is 10.8. The Morgan fingerprint density at radius 2 is 1.93 bits per heavy atom. The van der Waals surface area contributed by atoms with Crippen LogP contribution in [0.1, 0.15) is 5.56 Å². The molecule has 1 aromatic carbocycles. The molecule has 1 aliphatic heterocycles. The highest BCUT2D eigenvalue weighted by Crippen LogP contribution is 2.22. The van der Waals surface area contributed by atoms with Gasteiger partial charge in [-0.1, -0.05) is 17.7 Å². The number of guanidine groups is 1. The van der Waals surface area contributed by atoms with Gasteiger partial charge in [-0.15, -0.1) is 24.0 Å². The summed E-state index contributed by atoms with van der Waals surface area (Å²) in [5.74, 6) is 1.97. The van der Waals surface area contributed by atoms with Gasteiger partial charge in [0.2, 0.25) is 0 Å². The second-order valence-corrected chi connectivity index (χ2v) is 8.84. The standard InChI is InChI=1S/C17H27ClN4O3S.HI/c1-19-17(21-7-8-22-9-11-26(23,24)12-10-22)20-6-5-14-3-4-15(25-2)13-16(14)18;/h3-4,13H,5-12H2,1-2H3,(H2,19,20,21);1H. The smallest absolute Gasteiger partial charge is 0.191 e. The average molecular weight is 531 g/mol. The summed E-state index contributed by atoms with van der Waals surface area (Å²) in [5, 5.41) is 7.20. The first kappa shape index (κ1) is 24.3. The lowest BCUT2D eigenvalue weighted by atomic mass is 10.1. The van der Waals surface area contributed by atoms with E-state index < -0.39 is 9.84 Å². The number of hydrogen-bond acceptors (Lipinski definition) is 5. The van der Waals surface area contributed by atoms with Gasteiger partial charge in [0.05, 0.1) is 18.6 Å². The molecule has 2 N–H and O–H groups in total. The van der Waals surface area contributed by atoms with Gasteiger partial charge in [0.15, 0.2) is 15.8 Å². The average Bonchev–Trinajstić information content (AvgIpc) is 2.62. The Labute approximate surface area is 183 Å². The number of sulfone groups is 1. The predicted molar refractivity (Wildman–Crippen MR) is 122 cm³/mol. The van der Waals surface area contributed by atoms with E-state index in [9.17, 15) is 8.42 Å². The zero-order valence-electron chi connectivity index (χ0n) is 15.7. The topological polar surface area (TPSA) is 83.0 Å². The highest BCUT2D eigenvalue weighted by atomic mass is 127. The molecule has 0 radical (unpaired) electrons. The van der Waals surface area contributed by atoms with E-state index in [1.807, 2.05) is 18.2 Å². The van der Waals surface area contributed by atoms with Crippen LogP contribution in [0.5, 0.6) is 5.75 Å². The van der Waals surface area contributed by atoms with E-state index in [0.717, 1.165) is 30.2 Å². The van der Waals surface area contributed by atoms with Crippen LogP contribution in [0.15, 0.2) is 23.2 Å². The third-order valence-electron chi connectivity index (χ3n) is 4.33. The van der Waals surface area contributed by atoms with E-state index in [2.05, 4.69) is 20.5 Å². The molecule has 1 heterocycles. The summed E-state index contributed by atoms with van der Waals surface area (Å²) in [5.41, 5.74) is 1.05. The number of aliphatic imine (C=N–C) groups is 1. The van der Waals surface area contributed by atoms with E-state index in [1.165, 1.54) is 0 Å². The molecule has 1 aliphatic rings. The molecule has 0 aliphatic carbocycles. The zero-order valence-corrected chi connectivity index (χ0v) is 19.6. The van der Waals surface area contributed by atoms with Crippen molar-refractivity contribution in [2.45, 2.75) is 6.42 Å². The maximum absolute atomic E-state index is 11.4. The molecule has 0 atom stereocenters. The second-order valence-electron chi connectivity index (χ2n) is 6.13. The summed E-state index contributed by atoms with van der Waals surface area (Å²) in [6.07, 6.45) is 0.771. The largest absolute Gasteiger partial charge is 0.497 e. The molecule has 1 fully saturated rings. The molecule has 0 bridgehead atoms. The molecule has 1 saturated heterocycles. The first-order valence-electron chi connectivity index (χ1n) is 8.63. The Morgan fingerprint density at radius 3 is 2.52 bits per heavy atom. The number of rotatable bonds is 7. The lowest BCUT2D eigenvalue weighted by Crippen LogP contribution is -2.46. The third kappa shape index (κ3) is 8.41. The highest BCUT2D eigenvalue weighted by molar-refractivity contribution is 14.0. The number of nitrogens with one attached hydrogen (secondary N) is 2. The van der Waals surface area contributed by atoms with Crippen LogP contribution in [0.2, 0.25) is 5.02 Å². The van der Waals surface area contributed by atoms with Gasteiger partial charge in [0, 0.05) is 44.8 Å². The molecule has 0 saturated carbocycles.